The number of halogens is 3. The molecule has 1 aliphatic rings. The van der Waals surface area contributed by atoms with Gasteiger partial charge in [-0.05, 0) is 25.0 Å². The molecule has 1 aromatic rings. The van der Waals surface area contributed by atoms with Gasteiger partial charge in [-0.1, -0.05) is 11.6 Å². The number of aliphatic carboxylic acids is 1. The van der Waals surface area contributed by atoms with Crippen molar-refractivity contribution in [2.45, 2.75) is 25.5 Å². The number of carboxylic acid groups (broad SMARTS) is 1. The quantitative estimate of drug-likeness (QED) is 0.772. The number of amides is 2. The van der Waals surface area contributed by atoms with Crippen molar-refractivity contribution < 1.29 is 28.2 Å². The minimum Gasteiger partial charge on any atom is -0.481 e. The highest BCUT2D eigenvalue weighted by Gasteiger charge is 2.35. The van der Waals surface area contributed by atoms with E-state index in [1.54, 1.807) is 0 Å². The third-order valence-electron chi connectivity index (χ3n) is 3.23. The minimum atomic E-state index is -3.05. The molecule has 2 amide bonds. The molecule has 0 heterocycles. The van der Waals surface area contributed by atoms with Crippen molar-refractivity contribution in [2.24, 2.45) is 5.92 Å². The van der Waals surface area contributed by atoms with Gasteiger partial charge in [-0.2, -0.15) is 8.78 Å². The van der Waals surface area contributed by atoms with Crippen molar-refractivity contribution in [2.75, 3.05) is 5.32 Å². The fourth-order valence-electron chi connectivity index (χ4n) is 2.07. The van der Waals surface area contributed by atoms with Crippen LogP contribution in [0.1, 0.15) is 12.8 Å². The van der Waals surface area contributed by atoms with E-state index in [1.165, 1.54) is 12.1 Å². The van der Waals surface area contributed by atoms with Crippen molar-refractivity contribution in [3.8, 4) is 5.75 Å². The summed E-state index contributed by atoms with van der Waals surface area (Å²) in [4.78, 5) is 22.4. The molecule has 0 unspecified atom stereocenters. The van der Waals surface area contributed by atoms with E-state index >= 15 is 0 Å². The van der Waals surface area contributed by atoms with Crippen LogP contribution in [-0.2, 0) is 4.79 Å². The molecule has 0 saturated heterocycles. The molecule has 1 fully saturated rings. The largest absolute Gasteiger partial charge is 0.481 e. The summed E-state index contributed by atoms with van der Waals surface area (Å²) >= 11 is 5.69. The van der Waals surface area contributed by atoms with Gasteiger partial charge >= 0.3 is 18.6 Å². The number of carbonyl (C=O) groups excluding carboxylic acids is 1. The van der Waals surface area contributed by atoms with Gasteiger partial charge in [-0.15, -0.1) is 0 Å². The lowest BCUT2D eigenvalue weighted by Gasteiger charge is -2.32. The first-order valence-electron chi connectivity index (χ1n) is 6.40. The molecule has 0 bridgehead atoms. The zero-order chi connectivity index (χ0) is 16.3. The fourth-order valence-corrected chi connectivity index (χ4v) is 2.24. The fraction of sp³-hybridized carbons (Fsp3) is 0.385. The Hall–Kier alpha value is -2.09. The number of anilines is 1. The standard InChI is InChI=1S/C13H13ClF2N2O4/c14-7-1-2-9(10(5-7)22-12(15)16)18-13(21)17-8-3-6(4-8)11(19)20/h1-2,5-6,8,12H,3-4H2,(H,19,20)(H2,17,18,21). The summed E-state index contributed by atoms with van der Waals surface area (Å²) in [6.07, 6.45) is 0.674. The van der Waals surface area contributed by atoms with E-state index in [0.29, 0.717) is 12.8 Å². The molecule has 0 aromatic heterocycles. The number of benzene rings is 1. The molecule has 22 heavy (non-hydrogen) atoms. The molecule has 0 spiro atoms. The predicted molar refractivity (Wildman–Crippen MR) is 74.4 cm³/mol. The van der Waals surface area contributed by atoms with Gasteiger partial charge in [0.05, 0.1) is 11.6 Å². The highest BCUT2D eigenvalue weighted by molar-refractivity contribution is 6.30. The van der Waals surface area contributed by atoms with Gasteiger partial charge < -0.3 is 20.5 Å². The Balaban J connectivity index is 1.93. The summed E-state index contributed by atoms with van der Waals surface area (Å²) in [5.41, 5.74) is 0.0382. The molecule has 6 nitrogen and oxygen atoms in total. The van der Waals surface area contributed by atoms with Gasteiger partial charge in [0.15, 0.2) is 5.75 Å². The Morgan fingerprint density at radius 3 is 2.64 bits per heavy atom. The van der Waals surface area contributed by atoms with E-state index in [4.69, 9.17) is 16.7 Å². The average Bonchev–Trinajstić information content (AvgIpc) is 2.35. The van der Waals surface area contributed by atoms with Crippen LogP contribution in [0.4, 0.5) is 19.3 Å². The monoisotopic (exact) mass is 334 g/mol. The summed E-state index contributed by atoms with van der Waals surface area (Å²) in [6, 6.07) is 3.02. The molecule has 0 aliphatic heterocycles. The summed E-state index contributed by atoms with van der Waals surface area (Å²) in [5.74, 6) is -1.61. The summed E-state index contributed by atoms with van der Waals surface area (Å²) in [7, 11) is 0. The normalized spacial score (nSPS) is 20.2. The molecule has 0 radical (unpaired) electrons. The zero-order valence-corrected chi connectivity index (χ0v) is 11.9. The van der Waals surface area contributed by atoms with Crippen LogP contribution in [0, 0.1) is 5.92 Å². The first-order valence-corrected chi connectivity index (χ1v) is 6.77. The van der Waals surface area contributed by atoms with Crippen molar-refractivity contribution in [1.82, 2.24) is 5.32 Å². The van der Waals surface area contributed by atoms with Crippen molar-refractivity contribution in [1.29, 1.82) is 0 Å². The Bertz CT molecular complexity index is 579. The maximum absolute atomic E-state index is 12.3. The first-order chi connectivity index (χ1) is 10.3. The average molecular weight is 335 g/mol. The van der Waals surface area contributed by atoms with E-state index in [2.05, 4.69) is 15.4 Å². The Morgan fingerprint density at radius 1 is 1.36 bits per heavy atom. The zero-order valence-electron chi connectivity index (χ0n) is 11.2. The second-order valence-corrected chi connectivity index (χ2v) is 5.26. The van der Waals surface area contributed by atoms with Gasteiger partial charge in [-0.3, -0.25) is 4.79 Å². The molecular formula is C13H13ClF2N2O4. The molecule has 3 N–H and O–H groups in total. The molecule has 1 saturated carbocycles. The lowest BCUT2D eigenvalue weighted by Crippen LogP contribution is -2.48. The van der Waals surface area contributed by atoms with Crippen molar-refractivity contribution >= 4 is 29.3 Å². The number of ether oxygens (including phenoxy) is 1. The molecule has 1 aliphatic carbocycles. The van der Waals surface area contributed by atoms with Crippen molar-refractivity contribution in [3.63, 3.8) is 0 Å². The Morgan fingerprint density at radius 2 is 2.05 bits per heavy atom. The SMILES string of the molecule is O=C(Nc1ccc(Cl)cc1OC(F)F)NC1CC(C(=O)O)C1. The van der Waals surface area contributed by atoms with E-state index in [-0.39, 0.29) is 22.5 Å². The van der Waals surface area contributed by atoms with Crippen LogP contribution < -0.4 is 15.4 Å². The van der Waals surface area contributed by atoms with Crippen LogP contribution in [0.3, 0.4) is 0 Å². The van der Waals surface area contributed by atoms with Crippen LogP contribution in [0.5, 0.6) is 5.75 Å². The first kappa shape index (κ1) is 16.3. The van der Waals surface area contributed by atoms with E-state index in [0.717, 1.165) is 6.07 Å². The van der Waals surface area contributed by atoms with E-state index in [9.17, 15) is 18.4 Å². The number of hydrogen-bond donors (Lipinski definition) is 3. The topological polar surface area (TPSA) is 87.7 Å². The van der Waals surface area contributed by atoms with Crippen molar-refractivity contribution in [3.05, 3.63) is 23.2 Å². The van der Waals surface area contributed by atoms with Gasteiger partial charge in [0.2, 0.25) is 0 Å². The lowest BCUT2D eigenvalue weighted by molar-refractivity contribution is -0.145. The van der Waals surface area contributed by atoms with E-state index in [1.807, 2.05) is 0 Å². The highest BCUT2D eigenvalue weighted by atomic mass is 35.5. The van der Waals surface area contributed by atoms with Crippen LogP contribution >= 0.6 is 11.6 Å². The molecule has 0 atom stereocenters. The summed E-state index contributed by atoms with van der Waals surface area (Å²) < 4.78 is 28.9. The molecule has 2 rings (SSSR count). The maximum atomic E-state index is 12.3. The Kier molecular flexibility index (Phi) is 5.02. The highest BCUT2D eigenvalue weighted by Crippen LogP contribution is 2.30. The van der Waals surface area contributed by atoms with Gasteiger partial charge in [-0.25, -0.2) is 4.79 Å². The number of nitrogens with one attached hydrogen (secondary N) is 2. The minimum absolute atomic E-state index is 0.0382. The second kappa shape index (κ2) is 6.78. The number of hydrogen-bond acceptors (Lipinski definition) is 3. The van der Waals surface area contributed by atoms with Crippen LogP contribution in [-0.4, -0.2) is 29.8 Å². The maximum Gasteiger partial charge on any atom is 0.387 e. The van der Waals surface area contributed by atoms with Crippen LogP contribution in [0.15, 0.2) is 18.2 Å². The smallest absolute Gasteiger partial charge is 0.387 e. The third-order valence-corrected chi connectivity index (χ3v) is 3.47. The lowest BCUT2D eigenvalue weighted by atomic mass is 9.80. The van der Waals surface area contributed by atoms with E-state index < -0.39 is 24.5 Å². The molecular weight excluding hydrogens is 322 g/mol. The molecule has 9 heteroatoms. The number of alkyl halides is 2. The summed E-state index contributed by atoms with van der Waals surface area (Å²) in [5, 5.41) is 13.9. The van der Waals surface area contributed by atoms with Crippen LogP contribution in [0.25, 0.3) is 0 Å². The molecule has 120 valence electrons. The van der Waals surface area contributed by atoms with Gasteiger partial charge in [0, 0.05) is 17.1 Å². The summed E-state index contributed by atoms with van der Waals surface area (Å²) in [6.45, 7) is -3.05. The Labute approximate surface area is 129 Å². The number of urea groups is 1. The number of rotatable bonds is 5. The third kappa shape index (κ3) is 4.20. The number of carbonyl (C=O) groups is 2. The number of carboxylic acids is 1. The second-order valence-electron chi connectivity index (χ2n) is 4.82. The van der Waals surface area contributed by atoms with Gasteiger partial charge in [0.1, 0.15) is 0 Å². The van der Waals surface area contributed by atoms with Crippen LogP contribution in [0.2, 0.25) is 5.02 Å². The molecule has 1 aromatic carbocycles. The van der Waals surface area contributed by atoms with Gasteiger partial charge in [0.25, 0.3) is 0 Å². The predicted octanol–water partition coefficient (Wildman–Crippen LogP) is 2.93.